The van der Waals surface area contributed by atoms with E-state index in [1.165, 1.54) is 25.7 Å². The number of rotatable bonds is 2. The predicted molar refractivity (Wildman–Crippen MR) is 76.6 cm³/mol. The molecule has 0 N–H and O–H groups in total. The van der Waals surface area contributed by atoms with E-state index in [1.54, 1.807) is 0 Å². The summed E-state index contributed by atoms with van der Waals surface area (Å²) >= 11 is 5.80. The first kappa shape index (κ1) is 14.9. The Bertz CT molecular complexity index is 512. The highest BCUT2D eigenvalue weighted by molar-refractivity contribution is 6.29. The Hall–Kier alpha value is -0.970. The van der Waals surface area contributed by atoms with Crippen LogP contribution in [0.5, 0.6) is 0 Å². The van der Waals surface area contributed by atoms with E-state index in [9.17, 15) is 13.2 Å². The number of nitrogens with zero attached hydrogens (tertiary/aromatic N) is 2. The molecule has 21 heavy (non-hydrogen) atoms. The highest BCUT2D eigenvalue weighted by atomic mass is 35.5. The average Bonchev–Trinajstić information content (AvgIpc) is 3.07. The lowest BCUT2D eigenvalue weighted by molar-refractivity contribution is -0.137. The van der Waals surface area contributed by atoms with E-state index in [0.717, 1.165) is 31.5 Å². The molecule has 1 saturated carbocycles. The predicted octanol–water partition coefficient (Wildman–Crippen LogP) is 4.91. The lowest BCUT2D eigenvalue weighted by atomic mass is 9.96. The van der Waals surface area contributed by atoms with Crippen LogP contribution < -0.4 is 4.90 Å². The fraction of sp³-hybridized carbons (Fsp3) is 0.667. The number of anilines is 1. The molecule has 2 heterocycles. The van der Waals surface area contributed by atoms with E-state index < -0.39 is 11.7 Å². The van der Waals surface area contributed by atoms with Crippen molar-refractivity contribution < 1.29 is 13.2 Å². The van der Waals surface area contributed by atoms with Gasteiger partial charge in [0.05, 0.1) is 5.56 Å². The maximum Gasteiger partial charge on any atom is 0.416 e. The highest BCUT2D eigenvalue weighted by Crippen LogP contribution is 2.39. The van der Waals surface area contributed by atoms with Gasteiger partial charge >= 0.3 is 6.18 Å². The number of halogens is 4. The summed E-state index contributed by atoms with van der Waals surface area (Å²) in [6.45, 7) is 0.770. The van der Waals surface area contributed by atoms with Gasteiger partial charge in [0.25, 0.3) is 0 Å². The van der Waals surface area contributed by atoms with Crippen LogP contribution in [0, 0.1) is 5.92 Å². The monoisotopic (exact) mass is 318 g/mol. The fourth-order valence-corrected chi connectivity index (χ4v) is 3.91. The van der Waals surface area contributed by atoms with Crippen LogP contribution in [0.4, 0.5) is 19.0 Å². The number of aromatic nitrogens is 1. The third-order valence-corrected chi connectivity index (χ3v) is 4.84. The molecule has 1 unspecified atom stereocenters. The van der Waals surface area contributed by atoms with Crippen molar-refractivity contribution in [2.24, 2.45) is 5.92 Å². The van der Waals surface area contributed by atoms with Crippen LogP contribution in [-0.4, -0.2) is 17.6 Å². The van der Waals surface area contributed by atoms with Gasteiger partial charge in [0.1, 0.15) is 11.0 Å². The Labute approximate surface area is 127 Å². The van der Waals surface area contributed by atoms with Crippen molar-refractivity contribution in [1.29, 1.82) is 0 Å². The topological polar surface area (TPSA) is 16.1 Å². The normalized spacial score (nSPS) is 24.0. The quantitative estimate of drug-likeness (QED) is 0.720. The Kier molecular flexibility index (Phi) is 4.04. The fourth-order valence-electron chi connectivity index (χ4n) is 3.70. The summed E-state index contributed by atoms with van der Waals surface area (Å²) in [5, 5.41) is -0.0862. The maximum atomic E-state index is 12.9. The Morgan fingerprint density at radius 1 is 1.10 bits per heavy atom. The molecule has 1 aromatic rings. The zero-order valence-electron chi connectivity index (χ0n) is 11.7. The van der Waals surface area contributed by atoms with Crippen LogP contribution in [0.15, 0.2) is 12.1 Å². The second kappa shape index (κ2) is 5.67. The van der Waals surface area contributed by atoms with Gasteiger partial charge in [-0.1, -0.05) is 24.4 Å². The first-order chi connectivity index (χ1) is 9.95. The van der Waals surface area contributed by atoms with E-state index in [4.69, 9.17) is 11.6 Å². The minimum absolute atomic E-state index is 0.0862. The average molecular weight is 319 g/mol. The minimum atomic E-state index is -4.39. The third kappa shape index (κ3) is 3.12. The zero-order chi connectivity index (χ0) is 15.0. The summed E-state index contributed by atoms with van der Waals surface area (Å²) in [5.41, 5.74) is -0.713. The first-order valence-electron chi connectivity index (χ1n) is 7.46. The van der Waals surface area contributed by atoms with Crippen LogP contribution in [0.3, 0.4) is 0 Å². The molecule has 2 fully saturated rings. The van der Waals surface area contributed by atoms with E-state index >= 15 is 0 Å². The number of pyridine rings is 1. The van der Waals surface area contributed by atoms with Gasteiger partial charge in [-0.05, 0) is 43.7 Å². The molecular formula is C15H18ClF3N2. The van der Waals surface area contributed by atoms with Crippen molar-refractivity contribution in [2.75, 3.05) is 11.4 Å². The molecule has 1 saturated heterocycles. The lowest BCUT2D eigenvalue weighted by Gasteiger charge is -2.30. The Balaban J connectivity index is 1.90. The van der Waals surface area contributed by atoms with Crippen molar-refractivity contribution >= 4 is 17.4 Å². The Morgan fingerprint density at radius 3 is 2.48 bits per heavy atom. The second-order valence-corrected chi connectivity index (χ2v) is 6.37. The standard InChI is InChI=1S/C15H18ClF3N2/c16-13-8-11(15(17,18)19)9-14(20-13)21-7-3-6-12(21)10-4-1-2-5-10/h8-10,12H,1-7H2. The number of hydrogen-bond donors (Lipinski definition) is 0. The van der Waals surface area contributed by atoms with E-state index in [2.05, 4.69) is 4.98 Å². The Morgan fingerprint density at radius 2 is 1.81 bits per heavy atom. The molecule has 1 aliphatic heterocycles. The second-order valence-electron chi connectivity index (χ2n) is 5.98. The summed E-state index contributed by atoms with van der Waals surface area (Å²) in [6, 6.07) is 2.35. The molecule has 1 atom stereocenters. The molecule has 1 aromatic heterocycles. The van der Waals surface area contributed by atoms with Gasteiger partial charge in [-0.3, -0.25) is 0 Å². The summed E-state index contributed by atoms with van der Waals surface area (Å²) < 4.78 is 38.8. The van der Waals surface area contributed by atoms with Gasteiger partial charge in [0, 0.05) is 12.6 Å². The smallest absolute Gasteiger partial charge is 0.353 e. The van der Waals surface area contributed by atoms with Crippen molar-refractivity contribution in [3.63, 3.8) is 0 Å². The lowest BCUT2D eigenvalue weighted by Crippen LogP contribution is -2.35. The molecule has 0 radical (unpaired) electrons. The summed E-state index contributed by atoms with van der Waals surface area (Å²) in [5.74, 6) is 0.965. The number of alkyl halides is 3. The van der Waals surface area contributed by atoms with Crippen molar-refractivity contribution in [2.45, 2.75) is 50.7 Å². The summed E-state index contributed by atoms with van der Waals surface area (Å²) in [6.07, 6.45) is 2.47. The van der Waals surface area contributed by atoms with Crippen LogP contribution >= 0.6 is 11.6 Å². The van der Waals surface area contributed by atoms with Gasteiger partial charge in [-0.25, -0.2) is 4.98 Å². The minimum Gasteiger partial charge on any atom is -0.353 e. The van der Waals surface area contributed by atoms with Crippen molar-refractivity contribution in [3.8, 4) is 0 Å². The molecule has 6 heteroatoms. The molecule has 2 aliphatic rings. The van der Waals surface area contributed by atoms with Crippen LogP contribution in [-0.2, 0) is 6.18 Å². The molecule has 0 bridgehead atoms. The van der Waals surface area contributed by atoms with Gasteiger partial charge < -0.3 is 4.90 Å². The first-order valence-corrected chi connectivity index (χ1v) is 7.84. The molecule has 0 aromatic carbocycles. The highest BCUT2D eigenvalue weighted by Gasteiger charge is 2.36. The van der Waals surface area contributed by atoms with Crippen LogP contribution in [0.2, 0.25) is 5.15 Å². The largest absolute Gasteiger partial charge is 0.416 e. The third-order valence-electron chi connectivity index (χ3n) is 4.65. The van der Waals surface area contributed by atoms with Crippen LogP contribution in [0.25, 0.3) is 0 Å². The van der Waals surface area contributed by atoms with Gasteiger partial charge in [-0.2, -0.15) is 13.2 Å². The molecular weight excluding hydrogens is 301 g/mol. The van der Waals surface area contributed by atoms with Gasteiger partial charge in [0.15, 0.2) is 0 Å². The molecule has 3 rings (SSSR count). The van der Waals surface area contributed by atoms with E-state index in [0.29, 0.717) is 17.8 Å². The maximum absolute atomic E-state index is 12.9. The summed E-state index contributed by atoms with van der Waals surface area (Å²) in [7, 11) is 0. The summed E-state index contributed by atoms with van der Waals surface area (Å²) in [4.78, 5) is 6.18. The van der Waals surface area contributed by atoms with Crippen molar-refractivity contribution in [1.82, 2.24) is 4.98 Å². The molecule has 0 amide bonds. The van der Waals surface area contributed by atoms with Crippen LogP contribution in [0.1, 0.15) is 44.1 Å². The molecule has 0 spiro atoms. The van der Waals surface area contributed by atoms with Gasteiger partial charge in [0.2, 0.25) is 0 Å². The van der Waals surface area contributed by atoms with Crippen molar-refractivity contribution in [3.05, 3.63) is 22.8 Å². The van der Waals surface area contributed by atoms with Gasteiger partial charge in [-0.15, -0.1) is 0 Å². The number of hydrogen-bond acceptors (Lipinski definition) is 2. The zero-order valence-corrected chi connectivity index (χ0v) is 12.4. The van der Waals surface area contributed by atoms with E-state index in [-0.39, 0.29) is 5.15 Å². The molecule has 1 aliphatic carbocycles. The van der Waals surface area contributed by atoms with E-state index in [1.807, 2.05) is 4.90 Å². The molecule has 116 valence electrons. The molecule has 2 nitrogen and oxygen atoms in total. The SMILES string of the molecule is FC(F)(F)c1cc(Cl)nc(N2CCCC2C2CCCC2)c1.